The summed E-state index contributed by atoms with van der Waals surface area (Å²) < 4.78 is 0. The summed E-state index contributed by atoms with van der Waals surface area (Å²) in [7, 11) is 0. The van der Waals surface area contributed by atoms with Gasteiger partial charge in [0, 0.05) is 39.3 Å². The van der Waals surface area contributed by atoms with E-state index in [2.05, 4.69) is 52.0 Å². The van der Waals surface area contributed by atoms with Gasteiger partial charge < -0.3 is 10.2 Å². The zero-order valence-corrected chi connectivity index (χ0v) is 18.7. The van der Waals surface area contributed by atoms with Gasteiger partial charge in [0.15, 0.2) is 11.7 Å². The smallest absolute Gasteiger partial charge is 0.243 e. The molecular weight excluding hydrogens is 412 g/mol. The molecule has 2 heterocycles. The Bertz CT molecular complexity index is 1150. The van der Waals surface area contributed by atoms with Crippen LogP contribution in [-0.4, -0.2) is 53.5 Å². The number of piperazine rings is 1. The number of benzene rings is 2. The quantitative estimate of drug-likeness (QED) is 0.428. The molecule has 0 saturated carbocycles. The molecule has 1 aliphatic rings. The molecule has 4 rings (SSSR count). The highest BCUT2D eigenvalue weighted by atomic mass is 16.1. The molecule has 1 saturated heterocycles. The molecule has 7 heteroatoms. The van der Waals surface area contributed by atoms with Crippen molar-refractivity contribution in [1.29, 1.82) is 5.26 Å². The number of nitrogens with one attached hydrogen (secondary N) is 1. The number of para-hydroxylation sites is 2. The molecule has 1 N–H and O–H groups in total. The van der Waals surface area contributed by atoms with Crippen molar-refractivity contribution in [2.75, 3.05) is 37.6 Å². The molecule has 1 amide bonds. The van der Waals surface area contributed by atoms with Gasteiger partial charge in [-0.1, -0.05) is 48.5 Å². The van der Waals surface area contributed by atoms with E-state index in [1.54, 1.807) is 6.08 Å². The van der Waals surface area contributed by atoms with Crippen LogP contribution in [0.15, 0.2) is 67.3 Å². The lowest BCUT2D eigenvalue weighted by atomic mass is 10.0. The Hall–Kier alpha value is -3.76. The van der Waals surface area contributed by atoms with Gasteiger partial charge in [0.05, 0.1) is 17.1 Å². The molecule has 3 aromatic rings. The highest BCUT2D eigenvalue weighted by Gasteiger charge is 2.30. The minimum Gasteiger partial charge on any atom is -0.354 e. The number of hydrogen-bond donors (Lipinski definition) is 1. The van der Waals surface area contributed by atoms with Crippen LogP contribution >= 0.6 is 0 Å². The maximum Gasteiger partial charge on any atom is 0.243 e. The SMILES string of the molecule is C=CCCNC(=O)[C@H](C#N)c1nc2ccccc2nc1N1CCN(Cc2ccccc2)CC1. The third-order valence-corrected chi connectivity index (χ3v) is 5.81. The average molecular weight is 441 g/mol. The Kier molecular flexibility index (Phi) is 7.28. The number of hydrogen-bond acceptors (Lipinski definition) is 6. The van der Waals surface area contributed by atoms with Gasteiger partial charge in [-0.15, -0.1) is 6.58 Å². The van der Waals surface area contributed by atoms with Gasteiger partial charge >= 0.3 is 0 Å². The van der Waals surface area contributed by atoms with Gasteiger partial charge in [0.2, 0.25) is 5.91 Å². The first kappa shape index (κ1) is 22.4. The van der Waals surface area contributed by atoms with E-state index >= 15 is 0 Å². The topological polar surface area (TPSA) is 85.1 Å². The zero-order chi connectivity index (χ0) is 23.0. The van der Waals surface area contributed by atoms with Crippen molar-refractivity contribution >= 4 is 22.8 Å². The number of rotatable bonds is 8. The predicted octanol–water partition coefficient (Wildman–Crippen LogP) is 3.25. The second-order valence-corrected chi connectivity index (χ2v) is 8.10. The van der Waals surface area contributed by atoms with E-state index in [9.17, 15) is 10.1 Å². The molecule has 33 heavy (non-hydrogen) atoms. The minimum absolute atomic E-state index is 0.354. The number of carbonyl (C=O) groups is 1. The van der Waals surface area contributed by atoms with Crippen LogP contribution in [-0.2, 0) is 11.3 Å². The maximum atomic E-state index is 12.8. The van der Waals surface area contributed by atoms with E-state index in [1.165, 1.54) is 5.56 Å². The number of nitriles is 1. The first-order valence-electron chi connectivity index (χ1n) is 11.3. The molecule has 1 aliphatic heterocycles. The van der Waals surface area contributed by atoms with Crippen molar-refractivity contribution < 1.29 is 4.79 Å². The predicted molar refractivity (Wildman–Crippen MR) is 130 cm³/mol. The van der Waals surface area contributed by atoms with Crippen molar-refractivity contribution in [1.82, 2.24) is 20.2 Å². The summed E-state index contributed by atoms with van der Waals surface area (Å²) >= 11 is 0. The Balaban J connectivity index is 1.58. The average Bonchev–Trinajstić information content (AvgIpc) is 2.85. The zero-order valence-electron chi connectivity index (χ0n) is 18.7. The fourth-order valence-corrected chi connectivity index (χ4v) is 4.03. The molecule has 0 unspecified atom stereocenters. The number of nitrogens with zero attached hydrogens (tertiary/aromatic N) is 5. The fraction of sp³-hybridized carbons (Fsp3) is 0.308. The summed E-state index contributed by atoms with van der Waals surface area (Å²) in [4.78, 5) is 27.0. The summed E-state index contributed by atoms with van der Waals surface area (Å²) in [5.74, 6) is -0.754. The molecule has 0 radical (unpaired) electrons. The molecular formula is C26H28N6O. The molecule has 0 aliphatic carbocycles. The summed E-state index contributed by atoms with van der Waals surface area (Å²) in [5.41, 5.74) is 3.14. The summed E-state index contributed by atoms with van der Waals surface area (Å²) in [5, 5.41) is 12.7. The number of fused-ring (bicyclic) bond motifs is 1. The normalized spacial score (nSPS) is 15.1. The number of carbonyl (C=O) groups excluding carboxylic acids is 1. The maximum absolute atomic E-state index is 12.8. The Morgan fingerprint density at radius 1 is 1.06 bits per heavy atom. The number of amides is 1. The first-order valence-corrected chi connectivity index (χ1v) is 11.3. The number of aromatic nitrogens is 2. The summed E-state index contributed by atoms with van der Waals surface area (Å²) in [6, 6.07) is 20.2. The highest BCUT2D eigenvalue weighted by molar-refractivity contribution is 5.88. The summed E-state index contributed by atoms with van der Waals surface area (Å²) in [6.45, 7) is 8.25. The molecule has 0 spiro atoms. The second-order valence-electron chi connectivity index (χ2n) is 8.10. The lowest BCUT2D eigenvalue weighted by Gasteiger charge is -2.36. The third kappa shape index (κ3) is 5.36. The molecule has 1 atom stereocenters. The van der Waals surface area contributed by atoms with E-state index in [0.717, 1.165) is 38.2 Å². The number of anilines is 1. The first-order chi connectivity index (χ1) is 16.2. The van der Waals surface area contributed by atoms with Crippen molar-refractivity contribution in [3.05, 3.63) is 78.5 Å². The lowest BCUT2D eigenvalue weighted by Crippen LogP contribution is -2.47. The van der Waals surface area contributed by atoms with E-state index in [-0.39, 0.29) is 5.91 Å². The molecule has 1 fully saturated rings. The summed E-state index contributed by atoms with van der Waals surface area (Å²) in [6.07, 6.45) is 2.38. The van der Waals surface area contributed by atoms with Gasteiger partial charge in [0.1, 0.15) is 5.69 Å². The van der Waals surface area contributed by atoms with Crippen molar-refractivity contribution in [3.63, 3.8) is 0 Å². The fourth-order valence-electron chi connectivity index (χ4n) is 4.03. The Morgan fingerprint density at radius 3 is 2.39 bits per heavy atom. The van der Waals surface area contributed by atoms with Crippen LogP contribution < -0.4 is 10.2 Å². The molecule has 168 valence electrons. The van der Waals surface area contributed by atoms with E-state index < -0.39 is 5.92 Å². The second kappa shape index (κ2) is 10.7. The Morgan fingerprint density at radius 2 is 1.73 bits per heavy atom. The van der Waals surface area contributed by atoms with E-state index in [1.807, 2.05) is 30.3 Å². The molecule has 0 bridgehead atoms. The van der Waals surface area contributed by atoms with Gasteiger partial charge in [-0.3, -0.25) is 9.69 Å². The van der Waals surface area contributed by atoms with Crippen molar-refractivity contribution in [2.45, 2.75) is 18.9 Å². The van der Waals surface area contributed by atoms with Crippen LogP contribution in [0, 0.1) is 11.3 Å². The lowest BCUT2D eigenvalue weighted by molar-refractivity contribution is -0.121. The molecule has 1 aromatic heterocycles. The molecule has 7 nitrogen and oxygen atoms in total. The van der Waals surface area contributed by atoms with E-state index in [4.69, 9.17) is 9.97 Å². The standard InChI is InChI=1S/C26H28N6O/c1-2-3-13-28-26(33)21(18-27)24-25(30-23-12-8-7-11-22(23)29-24)32-16-14-31(15-17-32)19-20-9-5-4-6-10-20/h2,4-12,21H,1,3,13-17,19H2,(H,28,33)/t21-/m1/s1. The van der Waals surface area contributed by atoms with E-state index in [0.29, 0.717) is 30.0 Å². The van der Waals surface area contributed by atoms with Crippen LogP contribution in [0.25, 0.3) is 11.0 Å². The highest BCUT2D eigenvalue weighted by Crippen LogP contribution is 2.28. The minimum atomic E-state index is -1.02. The van der Waals surface area contributed by atoms with Crippen LogP contribution in [0.1, 0.15) is 23.6 Å². The monoisotopic (exact) mass is 440 g/mol. The molecule has 2 aromatic carbocycles. The van der Waals surface area contributed by atoms with Crippen LogP contribution in [0.5, 0.6) is 0 Å². The van der Waals surface area contributed by atoms with Gasteiger partial charge in [-0.2, -0.15) is 5.26 Å². The van der Waals surface area contributed by atoms with Crippen molar-refractivity contribution in [2.24, 2.45) is 0 Å². The van der Waals surface area contributed by atoms with Gasteiger partial charge in [0.25, 0.3) is 0 Å². The largest absolute Gasteiger partial charge is 0.354 e. The van der Waals surface area contributed by atoms with Crippen LogP contribution in [0.4, 0.5) is 5.82 Å². The van der Waals surface area contributed by atoms with Gasteiger partial charge in [-0.25, -0.2) is 9.97 Å². The Labute approximate surface area is 194 Å². The van der Waals surface area contributed by atoms with Gasteiger partial charge in [-0.05, 0) is 24.1 Å². The van der Waals surface area contributed by atoms with Crippen LogP contribution in [0.2, 0.25) is 0 Å². The van der Waals surface area contributed by atoms with Crippen molar-refractivity contribution in [3.8, 4) is 6.07 Å². The van der Waals surface area contributed by atoms with Crippen LogP contribution in [0.3, 0.4) is 0 Å². The third-order valence-electron chi connectivity index (χ3n) is 5.81.